The maximum Gasteiger partial charge on any atom is 0.408 e. The number of aromatic carboxylic acids is 1. The summed E-state index contributed by atoms with van der Waals surface area (Å²) in [6, 6.07) is 18.2. The van der Waals surface area contributed by atoms with Crippen molar-refractivity contribution < 1.29 is 28.6 Å². The number of nitrogens with zero attached hydrogens (tertiary/aromatic N) is 1. The average molecular weight is 477 g/mol. The van der Waals surface area contributed by atoms with Gasteiger partial charge in [0.05, 0.1) is 12.3 Å². The predicted octanol–water partition coefficient (Wildman–Crippen LogP) is 4.47. The van der Waals surface area contributed by atoms with E-state index in [1.54, 1.807) is 0 Å². The summed E-state index contributed by atoms with van der Waals surface area (Å²) in [6.07, 6.45) is 3.01. The highest BCUT2D eigenvalue weighted by Crippen LogP contribution is 2.30. The number of ether oxygens (including phenoxy) is 2. The van der Waals surface area contributed by atoms with Crippen molar-refractivity contribution in [3.8, 4) is 5.75 Å². The minimum Gasteiger partial charge on any atom is -0.489 e. The molecule has 6 rings (SSSR count). The molecular weight excluding hydrogens is 448 g/mol. The number of furan rings is 1. The minimum atomic E-state index is -1.12. The summed E-state index contributed by atoms with van der Waals surface area (Å²) in [6.45, 7) is 3.13. The van der Waals surface area contributed by atoms with E-state index in [0.29, 0.717) is 17.2 Å². The molecule has 3 aliphatic rings. The van der Waals surface area contributed by atoms with E-state index in [0.717, 1.165) is 43.6 Å². The Morgan fingerprint density at radius 3 is 2.51 bits per heavy atom. The van der Waals surface area contributed by atoms with Crippen molar-refractivity contribution in [2.75, 3.05) is 19.6 Å². The van der Waals surface area contributed by atoms with Crippen LogP contribution in [0.4, 0.5) is 4.79 Å². The molecule has 3 fully saturated rings. The quantitative estimate of drug-likeness (QED) is 0.495. The summed E-state index contributed by atoms with van der Waals surface area (Å²) < 4.78 is 16.8. The number of nitrogens with one attached hydrogen (secondary N) is 1. The minimum absolute atomic E-state index is 0.0748. The van der Waals surface area contributed by atoms with E-state index in [2.05, 4.69) is 10.2 Å². The van der Waals surface area contributed by atoms with E-state index < -0.39 is 18.1 Å². The molecule has 2 N–H and O–H groups in total. The van der Waals surface area contributed by atoms with Crippen LogP contribution in [0.25, 0.3) is 0 Å². The SMILES string of the molecule is O=C(N[C@@H](c1ccccc1)c1cccc(OCc2coc(C(=O)O)c2)c1)O[C@H]1CN2CCC1CC2. The number of carbonyl (C=O) groups is 2. The van der Waals surface area contributed by atoms with Crippen molar-refractivity contribution in [1.82, 2.24) is 10.2 Å². The summed E-state index contributed by atoms with van der Waals surface area (Å²) in [7, 11) is 0. The van der Waals surface area contributed by atoms with Crippen LogP contribution in [-0.4, -0.2) is 47.8 Å². The highest BCUT2D eigenvalue weighted by atomic mass is 16.6. The first-order valence-electron chi connectivity index (χ1n) is 11.8. The molecule has 0 spiro atoms. The number of hydrogen-bond acceptors (Lipinski definition) is 6. The van der Waals surface area contributed by atoms with Crippen LogP contribution < -0.4 is 10.1 Å². The van der Waals surface area contributed by atoms with Crippen LogP contribution in [0.3, 0.4) is 0 Å². The standard InChI is InChI=1S/C27H28N2O6/c30-26(31)23-13-18(17-34-23)16-33-22-8-4-7-21(14-22)25(20-5-2-1-3-6-20)28-27(32)35-24-15-29-11-9-19(24)10-12-29/h1-8,13-14,17,19,24-25H,9-12,15-16H2,(H,28,32)(H,30,31)/t24-,25-/m0/s1. The van der Waals surface area contributed by atoms with Gasteiger partial charge in [-0.05, 0) is 61.2 Å². The summed E-state index contributed by atoms with van der Waals surface area (Å²) >= 11 is 0. The molecular formula is C27H28N2O6. The molecule has 2 aromatic carbocycles. The highest BCUT2D eigenvalue weighted by molar-refractivity contribution is 5.84. The normalized spacial score (nSPS) is 21.8. The van der Waals surface area contributed by atoms with E-state index in [1.165, 1.54) is 12.3 Å². The summed E-state index contributed by atoms with van der Waals surface area (Å²) in [5.41, 5.74) is 2.39. The average Bonchev–Trinajstić information content (AvgIpc) is 3.37. The zero-order chi connectivity index (χ0) is 24.2. The second kappa shape index (κ2) is 10.2. The van der Waals surface area contributed by atoms with Crippen LogP contribution in [0, 0.1) is 5.92 Å². The van der Waals surface area contributed by atoms with Crippen LogP contribution in [0.2, 0.25) is 0 Å². The smallest absolute Gasteiger partial charge is 0.408 e. The molecule has 4 heterocycles. The molecule has 182 valence electrons. The number of alkyl carbamates (subject to hydrolysis) is 1. The molecule has 8 nitrogen and oxygen atoms in total. The second-order valence-corrected chi connectivity index (χ2v) is 9.06. The number of piperidine rings is 3. The predicted molar refractivity (Wildman–Crippen MR) is 127 cm³/mol. The monoisotopic (exact) mass is 476 g/mol. The van der Waals surface area contributed by atoms with E-state index in [-0.39, 0.29) is 18.5 Å². The Labute approximate surface area is 203 Å². The fourth-order valence-corrected chi connectivity index (χ4v) is 4.85. The Balaban J connectivity index is 1.29. The van der Waals surface area contributed by atoms with Crippen molar-refractivity contribution in [3.63, 3.8) is 0 Å². The number of fused-ring (bicyclic) bond motifs is 3. The van der Waals surface area contributed by atoms with Crippen LogP contribution >= 0.6 is 0 Å². The topological polar surface area (TPSA) is 101 Å². The molecule has 1 aromatic heterocycles. The number of amides is 1. The zero-order valence-electron chi connectivity index (χ0n) is 19.3. The summed E-state index contributed by atoms with van der Waals surface area (Å²) in [5, 5.41) is 12.1. The third-order valence-electron chi connectivity index (χ3n) is 6.71. The van der Waals surface area contributed by atoms with E-state index >= 15 is 0 Å². The van der Waals surface area contributed by atoms with Gasteiger partial charge in [-0.25, -0.2) is 9.59 Å². The first-order chi connectivity index (χ1) is 17.0. The fourth-order valence-electron chi connectivity index (χ4n) is 4.85. The molecule has 8 heteroatoms. The van der Waals surface area contributed by atoms with Crippen LogP contribution in [0.1, 0.15) is 46.1 Å². The molecule has 0 radical (unpaired) electrons. The van der Waals surface area contributed by atoms with Crippen molar-refractivity contribution >= 4 is 12.1 Å². The molecule has 1 amide bonds. The van der Waals surface area contributed by atoms with Gasteiger partial charge in [0.2, 0.25) is 5.76 Å². The molecule has 3 aliphatic heterocycles. The number of hydrogen-bond donors (Lipinski definition) is 2. The molecule has 35 heavy (non-hydrogen) atoms. The Hall–Kier alpha value is -3.78. The van der Waals surface area contributed by atoms with Gasteiger partial charge >= 0.3 is 12.1 Å². The van der Waals surface area contributed by atoms with Crippen LogP contribution in [0.15, 0.2) is 71.3 Å². The maximum atomic E-state index is 13.0. The maximum absolute atomic E-state index is 13.0. The molecule has 2 bridgehead atoms. The lowest BCUT2D eigenvalue weighted by molar-refractivity contribution is -0.0336. The molecule has 0 aliphatic carbocycles. The fraction of sp³-hybridized carbons (Fsp3) is 0.333. The van der Waals surface area contributed by atoms with E-state index in [4.69, 9.17) is 19.0 Å². The number of carbonyl (C=O) groups excluding carboxylic acids is 1. The first-order valence-corrected chi connectivity index (χ1v) is 11.8. The molecule has 3 saturated heterocycles. The van der Waals surface area contributed by atoms with E-state index in [1.807, 2.05) is 54.6 Å². The lowest BCUT2D eigenvalue weighted by atomic mass is 9.86. The van der Waals surface area contributed by atoms with Crippen molar-refractivity contribution in [2.45, 2.75) is 31.6 Å². The number of rotatable bonds is 8. The second-order valence-electron chi connectivity index (χ2n) is 9.06. The summed E-state index contributed by atoms with van der Waals surface area (Å²) in [5.74, 6) is -0.233. The van der Waals surface area contributed by atoms with Gasteiger partial charge < -0.3 is 24.3 Å². The van der Waals surface area contributed by atoms with Gasteiger partial charge in [-0.15, -0.1) is 0 Å². The number of carboxylic acids is 1. The highest BCUT2D eigenvalue weighted by Gasteiger charge is 2.36. The molecule has 3 aromatic rings. The van der Waals surface area contributed by atoms with Crippen LogP contribution in [-0.2, 0) is 11.3 Å². The lowest BCUT2D eigenvalue weighted by Gasteiger charge is -2.43. The molecule has 2 atom stereocenters. The van der Waals surface area contributed by atoms with Gasteiger partial charge in [0.15, 0.2) is 0 Å². The molecule has 0 saturated carbocycles. The van der Waals surface area contributed by atoms with Gasteiger partial charge in [-0.3, -0.25) is 4.90 Å². The van der Waals surface area contributed by atoms with Gasteiger partial charge in [0.1, 0.15) is 18.5 Å². The third kappa shape index (κ3) is 5.49. The van der Waals surface area contributed by atoms with Crippen molar-refractivity contribution in [2.24, 2.45) is 5.92 Å². The first kappa shape index (κ1) is 23.0. The van der Waals surface area contributed by atoms with Gasteiger partial charge in [-0.1, -0.05) is 42.5 Å². The number of carboxylic acid groups (broad SMARTS) is 1. The van der Waals surface area contributed by atoms with Crippen molar-refractivity contribution in [1.29, 1.82) is 0 Å². The van der Waals surface area contributed by atoms with Gasteiger partial charge in [-0.2, -0.15) is 0 Å². The molecule has 0 unspecified atom stereocenters. The van der Waals surface area contributed by atoms with Gasteiger partial charge in [0, 0.05) is 12.1 Å². The summed E-state index contributed by atoms with van der Waals surface area (Å²) in [4.78, 5) is 26.3. The van der Waals surface area contributed by atoms with Crippen LogP contribution in [0.5, 0.6) is 5.75 Å². The zero-order valence-corrected chi connectivity index (χ0v) is 19.3. The van der Waals surface area contributed by atoms with E-state index in [9.17, 15) is 9.59 Å². The van der Waals surface area contributed by atoms with Gasteiger partial charge in [0.25, 0.3) is 0 Å². The Kier molecular flexibility index (Phi) is 6.72. The lowest BCUT2D eigenvalue weighted by Crippen LogP contribution is -2.52. The Bertz CT molecular complexity index is 1170. The number of benzene rings is 2. The largest absolute Gasteiger partial charge is 0.489 e. The van der Waals surface area contributed by atoms with Crippen molar-refractivity contribution in [3.05, 3.63) is 89.4 Å². The third-order valence-corrected chi connectivity index (χ3v) is 6.71. The Morgan fingerprint density at radius 1 is 1.06 bits per heavy atom. The Morgan fingerprint density at radius 2 is 1.83 bits per heavy atom.